The monoisotopic (exact) mass is 290 g/mol. The highest BCUT2D eigenvalue weighted by atomic mass is 35.5. The van der Waals surface area contributed by atoms with Crippen LogP contribution in [0.2, 0.25) is 5.02 Å². The van der Waals surface area contributed by atoms with Crippen molar-refractivity contribution in [3.8, 4) is 11.5 Å². The van der Waals surface area contributed by atoms with E-state index in [4.69, 9.17) is 21.1 Å². The fourth-order valence-electron chi connectivity index (χ4n) is 1.40. The summed E-state index contributed by atoms with van der Waals surface area (Å²) in [6.45, 7) is 1.54. The Labute approximate surface area is 114 Å². The van der Waals surface area contributed by atoms with Crippen LogP contribution in [-0.2, 0) is 9.53 Å². The number of halogens is 2. The Morgan fingerprint density at radius 1 is 1.32 bits per heavy atom. The number of ketones is 1. The Morgan fingerprint density at radius 2 is 1.95 bits per heavy atom. The van der Waals surface area contributed by atoms with Gasteiger partial charge in [-0.1, -0.05) is 11.6 Å². The molecule has 19 heavy (non-hydrogen) atoms. The lowest BCUT2D eigenvalue weighted by atomic mass is 10.1. The van der Waals surface area contributed by atoms with Gasteiger partial charge in [0.2, 0.25) is 0 Å². The Hall–Kier alpha value is -1.82. The van der Waals surface area contributed by atoms with E-state index in [2.05, 4.69) is 4.74 Å². The van der Waals surface area contributed by atoms with Crippen molar-refractivity contribution >= 4 is 23.4 Å². The maximum absolute atomic E-state index is 13.9. The Morgan fingerprint density at radius 3 is 2.42 bits per heavy atom. The molecule has 7 heteroatoms. The minimum absolute atomic E-state index is 0.00716. The maximum atomic E-state index is 13.9. The first-order valence-electron chi connectivity index (χ1n) is 5.29. The quantitative estimate of drug-likeness (QED) is 0.473. The first-order valence-corrected chi connectivity index (χ1v) is 5.67. The normalized spacial score (nSPS) is 9.95. The minimum Gasteiger partial charge on any atom is -0.493 e. The third-order valence-electron chi connectivity index (χ3n) is 2.26. The van der Waals surface area contributed by atoms with Crippen molar-refractivity contribution in [2.45, 2.75) is 6.92 Å². The number of Topliss-reactive ketones (excluding diaryl/α,β-unsaturated/α-hetero) is 1. The number of carbonyl (C=O) groups excluding carboxylic acids is 2. The van der Waals surface area contributed by atoms with Crippen LogP contribution < -0.4 is 9.47 Å². The van der Waals surface area contributed by atoms with Crippen LogP contribution in [0, 0.1) is 5.82 Å². The largest absolute Gasteiger partial charge is 0.493 e. The molecule has 5 nitrogen and oxygen atoms in total. The predicted molar refractivity (Wildman–Crippen MR) is 65.5 cm³/mol. The molecule has 0 heterocycles. The second-order valence-electron chi connectivity index (χ2n) is 3.34. The molecule has 0 aliphatic heterocycles. The Kier molecular flexibility index (Phi) is 5.11. The van der Waals surface area contributed by atoms with Gasteiger partial charge in [-0.15, -0.1) is 0 Å². The highest BCUT2D eigenvalue weighted by Gasteiger charge is 2.27. The average molecular weight is 291 g/mol. The zero-order chi connectivity index (χ0) is 14.6. The minimum atomic E-state index is -1.16. The maximum Gasteiger partial charge on any atom is 0.379 e. The SMILES string of the molecule is CCOC(=O)C(=O)c1cc(OC)c(OC)c(Cl)c1F. The van der Waals surface area contributed by atoms with E-state index in [-0.39, 0.29) is 18.1 Å². The average Bonchev–Trinajstić information content (AvgIpc) is 2.41. The standard InChI is InChI=1S/C12H12ClFO5/c1-4-19-12(16)10(15)6-5-7(17-2)11(18-3)8(13)9(6)14/h5H,4H2,1-3H3. The Bertz CT molecular complexity index is 515. The summed E-state index contributed by atoms with van der Waals surface area (Å²) >= 11 is 5.72. The van der Waals surface area contributed by atoms with Crippen molar-refractivity contribution in [1.29, 1.82) is 0 Å². The molecule has 0 unspecified atom stereocenters. The topological polar surface area (TPSA) is 61.8 Å². The van der Waals surface area contributed by atoms with Crippen LogP contribution in [0.5, 0.6) is 11.5 Å². The van der Waals surface area contributed by atoms with Crippen molar-refractivity contribution in [2.24, 2.45) is 0 Å². The summed E-state index contributed by atoms with van der Waals surface area (Å²) < 4.78 is 28.2. The molecular weight excluding hydrogens is 279 g/mol. The number of hydrogen-bond acceptors (Lipinski definition) is 5. The van der Waals surface area contributed by atoms with Crippen LogP contribution in [-0.4, -0.2) is 32.6 Å². The number of ether oxygens (including phenoxy) is 3. The van der Waals surface area contributed by atoms with Gasteiger partial charge >= 0.3 is 5.97 Å². The molecule has 0 radical (unpaired) electrons. The van der Waals surface area contributed by atoms with Crippen LogP contribution in [0.25, 0.3) is 0 Å². The zero-order valence-corrected chi connectivity index (χ0v) is 11.3. The third kappa shape index (κ3) is 2.96. The lowest BCUT2D eigenvalue weighted by molar-refractivity contribution is -0.137. The van der Waals surface area contributed by atoms with E-state index in [1.807, 2.05) is 0 Å². The van der Waals surface area contributed by atoms with Crippen LogP contribution in [0.1, 0.15) is 17.3 Å². The molecule has 104 valence electrons. The van der Waals surface area contributed by atoms with Gasteiger partial charge < -0.3 is 14.2 Å². The van der Waals surface area contributed by atoms with E-state index in [0.717, 1.165) is 6.07 Å². The molecule has 0 amide bonds. The van der Waals surface area contributed by atoms with E-state index >= 15 is 0 Å². The second-order valence-corrected chi connectivity index (χ2v) is 3.72. The van der Waals surface area contributed by atoms with Gasteiger partial charge in [-0.25, -0.2) is 9.18 Å². The van der Waals surface area contributed by atoms with Gasteiger partial charge in [0.15, 0.2) is 17.3 Å². The van der Waals surface area contributed by atoms with E-state index in [0.29, 0.717) is 0 Å². The van der Waals surface area contributed by atoms with Gasteiger partial charge in [0.05, 0.1) is 26.4 Å². The van der Waals surface area contributed by atoms with Crippen LogP contribution >= 0.6 is 11.6 Å². The molecule has 0 bridgehead atoms. The smallest absolute Gasteiger partial charge is 0.379 e. The highest BCUT2D eigenvalue weighted by molar-refractivity contribution is 6.41. The van der Waals surface area contributed by atoms with Gasteiger partial charge in [0.25, 0.3) is 5.78 Å². The fraction of sp³-hybridized carbons (Fsp3) is 0.333. The molecule has 0 N–H and O–H groups in total. The van der Waals surface area contributed by atoms with Crippen molar-refractivity contribution in [2.75, 3.05) is 20.8 Å². The lowest BCUT2D eigenvalue weighted by Gasteiger charge is -2.12. The van der Waals surface area contributed by atoms with Crippen molar-refractivity contribution < 1.29 is 28.2 Å². The molecular formula is C12H12ClFO5. The number of carbonyl (C=O) groups is 2. The summed E-state index contributed by atoms with van der Waals surface area (Å²) in [7, 11) is 2.57. The van der Waals surface area contributed by atoms with Crippen LogP contribution in [0.15, 0.2) is 6.07 Å². The first kappa shape index (κ1) is 15.2. The van der Waals surface area contributed by atoms with Gasteiger partial charge in [0, 0.05) is 0 Å². The molecule has 0 spiro atoms. The number of benzene rings is 1. The van der Waals surface area contributed by atoms with Crippen LogP contribution in [0.3, 0.4) is 0 Å². The number of esters is 1. The van der Waals surface area contributed by atoms with Crippen molar-refractivity contribution in [3.63, 3.8) is 0 Å². The van der Waals surface area contributed by atoms with E-state index in [9.17, 15) is 14.0 Å². The molecule has 0 aliphatic rings. The highest BCUT2D eigenvalue weighted by Crippen LogP contribution is 2.38. The van der Waals surface area contributed by atoms with Crippen LogP contribution in [0.4, 0.5) is 4.39 Å². The first-order chi connectivity index (χ1) is 8.97. The summed E-state index contributed by atoms with van der Waals surface area (Å²) in [6.07, 6.45) is 0. The summed E-state index contributed by atoms with van der Waals surface area (Å²) in [5.74, 6) is -3.37. The molecule has 1 aromatic carbocycles. The number of hydrogen-bond donors (Lipinski definition) is 0. The molecule has 0 saturated carbocycles. The molecule has 1 aromatic rings. The lowest BCUT2D eigenvalue weighted by Crippen LogP contribution is -2.19. The zero-order valence-electron chi connectivity index (χ0n) is 10.6. The molecule has 0 saturated heterocycles. The summed E-state index contributed by atoms with van der Waals surface area (Å²) in [4.78, 5) is 23.0. The van der Waals surface area contributed by atoms with Gasteiger partial charge in [0.1, 0.15) is 5.02 Å². The third-order valence-corrected chi connectivity index (χ3v) is 2.59. The number of methoxy groups -OCH3 is 2. The van der Waals surface area contributed by atoms with Gasteiger partial charge in [-0.3, -0.25) is 4.79 Å². The summed E-state index contributed by atoms with van der Waals surface area (Å²) in [5, 5.41) is -0.436. The van der Waals surface area contributed by atoms with E-state index in [1.165, 1.54) is 21.1 Å². The molecule has 1 rings (SSSR count). The van der Waals surface area contributed by atoms with E-state index in [1.54, 1.807) is 0 Å². The Balaban J connectivity index is 3.33. The fourth-order valence-corrected chi connectivity index (χ4v) is 1.67. The van der Waals surface area contributed by atoms with Crippen molar-refractivity contribution in [3.05, 3.63) is 22.5 Å². The van der Waals surface area contributed by atoms with Crippen molar-refractivity contribution in [1.82, 2.24) is 0 Å². The van der Waals surface area contributed by atoms with Gasteiger partial charge in [-0.2, -0.15) is 0 Å². The van der Waals surface area contributed by atoms with E-state index < -0.39 is 28.2 Å². The summed E-state index contributed by atoms with van der Waals surface area (Å²) in [5.41, 5.74) is -0.527. The van der Waals surface area contributed by atoms with Gasteiger partial charge in [-0.05, 0) is 13.0 Å². The second kappa shape index (κ2) is 6.38. The number of rotatable bonds is 5. The summed E-state index contributed by atoms with van der Waals surface area (Å²) in [6, 6.07) is 1.04. The predicted octanol–water partition coefficient (Wildman–Crippen LogP) is 2.24. The molecule has 0 aliphatic carbocycles. The molecule has 0 fully saturated rings. The molecule has 0 aromatic heterocycles. The molecule has 0 atom stereocenters.